The highest BCUT2D eigenvalue weighted by molar-refractivity contribution is 7.99. The predicted molar refractivity (Wildman–Crippen MR) is 135 cm³/mol. The van der Waals surface area contributed by atoms with E-state index < -0.39 is 24.0 Å². The highest BCUT2D eigenvalue weighted by Crippen LogP contribution is 2.44. The van der Waals surface area contributed by atoms with Gasteiger partial charge >= 0.3 is 12.1 Å². The molecule has 1 heterocycles. The number of carbonyl (C=O) groups excluding carboxylic acids is 2. The minimum atomic E-state index is -1.03. The van der Waals surface area contributed by atoms with Crippen molar-refractivity contribution in [3.63, 3.8) is 0 Å². The number of aliphatic carboxylic acids is 1. The normalized spacial score (nSPS) is 16.8. The van der Waals surface area contributed by atoms with E-state index in [0.29, 0.717) is 18.1 Å². The minimum Gasteiger partial charge on any atom is -0.480 e. The van der Waals surface area contributed by atoms with Gasteiger partial charge in [-0.25, -0.2) is 9.59 Å². The van der Waals surface area contributed by atoms with Crippen molar-refractivity contribution >= 4 is 35.4 Å². The van der Waals surface area contributed by atoms with Gasteiger partial charge in [0.15, 0.2) is 0 Å². The van der Waals surface area contributed by atoms with E-state index in [1.54, 1.807) is 24.3 Å². The average Bonchev–Trinajstić information content (AvgIpc) is 3.21. The van der Waals surface area contributed by atoms with E-state index in [4.69, 9.17) is 4.74 Å². The number of thioether (sulfide) groups is 1. The van der Waals surface area contributed by atoms with Crippen LogP contribution in [0.3, 0.4) is 0 Å². The summed E-state index contributed by atoms with van der Waals surface area (Å²) in [5.74, 6) is -0.535. The van der Waals surface area contributed by atoms with Gasteiger partial charge < -0.3 is 14.7 Å². The lowest BCUT2D eigenvalue weighted by Crippen LogP contribution is -2.50. The Bertz CT molecular complexity index is 1250. The number of fused-ring (bicyclic) bond motifs is 3. The molecule has 1 aliphatic carbocycles. The molecule has 0 spiro atoms. The van der Waals surface area contributed by atoms with Crippen LogP contribution < -0.4 is 5.32 Å². The molecule has 0 saturated carbocycles. The minimum absolute atomic E-state index is 0.0767. The smallest absolute Gasteiger partial charge is 0.411 e. The fraction of sp³-hybridized carbons (Fsp3) is 0.222. The van der Waals surface area contributed by atoms with Crippen LogP contribution in [0.4, 0.5) is 10.5 Å². The molecule has 7 nitrogen and oxygen atoms in total. The highest BCUT2D eigenvalue weighted by atomic mass is 32.2. The number of carbonyl (C=O) groups is 3. The Morgan fingerprint density at radius 1 is 0.943 bits per heavy atom. The zero-order valence-electron chi connectivity index (χ0n) is 18.8. The molecule has 0 aromatic heterocycles. The number of ether oxygens (including phenoxy) is 1. The number of hydrogen-bond acceptors (Lipinski definition) is 5. The summed E-state index contributed by atoms with van der Waals surface area (Å²) in [5, 5.41) is 12.2. The number of nitrogens with zero attached hydrogens (tertiary/aromatic N) is 1. The molecule has 5 rings (SSSR count). The monoisotopic (exact) mass is 488 g/mol. The van der Waals surface area contributed by atoms with E-state index in [1.165, 1.54) is 16.7 Å². The first-order valence-electron chi connectivity index (χ1n) is 11.4. The quantitative estimate of drug-likeness (QED) is 0.541. The second-order valence-electron chi connectivity index (χ2n) is 8.42. The third-order valence-electron chi connectivity index (χ3n) is 6.41. The molecule has 0 radical (unpaired) electrons. The standard InChI is InChI=1S/C27H24N2O5S/c30-25(29-13-14-35-16-24(29)26(31)32)21-11-5-6-12-23(21)28-27(33)34-15-22-19-9-3-1-7-17(19)18-8-2-4-10-20(18)22/h1-12,22,24H,13-16H2,(H,28,33)(H,31,32). The van der Waals surface area contributed by atoms with Crippen molar-refractivity contribution in [2.45, 2.75) is 12.0 Å². The lowest BCUT2D eigenvalue weighted by atomic mass is 9.98. The molecule has 178 valence electrons. The van der Waals surface area contributed by atoms with Crippen LogP contribution in [0.25, 0.3) is 11.1 Å². The Hall–Kier alpha value is -3.78. The molecule has 3 aromatic rings. The Morgan fingerprint density at radius 3 is 2.26 bits per heavy atom. The molecule has 1 aliphatic heterocycles. The van der Waals surface area contributed by atoms with E-state index in [-0.39, 0.29) is 23.8 Å². The lowest BCUT2D eigenvalue weighted by molar-refractivity contribution is -0.141. The fourth-order valence-corrected chi connectivity index (χ4v) is 5.77. The fourth-order valence-electron chi connectivity index (χ4n) is 4.73. The van der Waals surface area contributed by atoms with E-state index >= 15 is 0 Å². The second-order valence-corrected chi connectivity index (χ2v) is 9.57. The zero-order valence-corrected chi connectivity index (χ0v) is 19.7. The van der Waals surface area contributed by atoms with Crippen LogP contribution in [0, 0.1) is 0 Å². The van der Waals surface area contributed by atoms with Crippen molar-refractivity contribution in [3.05, 3.63) is 89.5 Å². The molecular formula is C27H24N2O5S. The predicted octanol–water partition coefficient (Wildman–Crippen LogP) is 4.69. The van der Waals surface area contributed by atoms with Crippen molar-refractivity contribution in [1.82, 2.24) is 4.90 Å². The molecule has 2 N–H and O–H groups in total. The van der Waals surface area contributed by atoms with Crippen molar-refractivity contribution < 1.29 is 24.2 Å². The Morgan fingerprint density at radius 2 is 1.57 bits per heavy atom. The summed E-state index contributed by atoms with van der Waals surface area (Å²) < 4.78 is 5.61. The van der Waals surface area contributed by atoms with Gasteiger partial charge in [-0.2, -0.15) is 11.8 Å². The molecule has 2 aliphatic rings. The van der Waals surface area contributed by atoms with Gasteiger partial charge in [0.25, 0.3) is 5.91 Å². The first kappa shape index (κ1) is 23.0. The van der Waals surface area contributed by atoms with Gasteiger partial charge in [-0.1, -0.05) is 60.7 Å². The maximum atomic E-state index is 13.2. The summed E-state index contributed by atoms with van der Waals surface area (Å²) in [4.78, 5) is 39.0. The summed E-state index contributed by atoms with van der Waals surface area (Å²) in [6.45, 7) is 0.486. The lowest BCUT2D eigenvalue weighted by Gasteiger charge is -2.33. The largest absolute Gasteiger partial charge is 0.480 e. The third-order valence-corrected chi connectivity index (χ3v) is 7.43. The SMILES string of the molecule is O=C(Nc1ccccc1C(=O)N1CCSCC1C(=O)O)OCC1c2ccccc2-c2ccccc21. The molecule has 1 fully saturated rings. The van der Waals surface area contributed by atoms with E-state index in [0.717, 1.165) is 22.3 Å². The van der Waals surface area contributed by atoms with E-state index in [1.807, 2.05) is 36.4 Å². The Balaban J connectivity index is 1.30. The summed E-state index contributed by atoms with van der Waals surface area (Å²) in [7, 11) is 0. The molecule has 8 heteroatoms. The van der Waals surface area contributed by atoms with E-state index in [2.05, 4.69) is 17.4 Å². The van der Waals surface area contributed by atoms with Gasteiger partial charge in [-0.15, -0.1) is 0 Å². The maximum absolute atomic E-state index is 13.2. The number of nitrogens with one attached hydrogen (secondary N) is 1. The zero-order chi connectivity index (χ0) is 24.4. The first-order valence-corrected chi connectivity index (χ1v) is 12.5. The van der Waals surface area contributed by atoms with Crippen LogP contribution in [0.2, 0.25) is 0 Å². The van der Waals surface area contributed by atoms with Crippen molar-refractivity contribution in [1.29, 1.82) is 0 Å². The number of hydrogen-bond donors (Lipinski definition) is 2. The van der Waals surface area contributed by atoms with Crippen molar-refractivity contribution in [3.8, 4) is 11.1 Å². The van der Waals surface area contributed by atoms with Crippen molar-refractivity contribution in [2.24, 2.45) is 0 Å². The van der Waals surface area contributed by atoms with Gasteiger partial charge in [0.2, 0.25) is 0 Å². The topological polar surface area (TPSA) is 95.9 Å². The number of para-hydroxylation sites is 1. The van der Waals surface area contributed by atoms with Gasteiger partial charge in [0.05, 0.1) is 11.3 Å². The molecule has 1 saturated heterocycles. The van der Waals surface area contributed by atoms with Crippen LogP contribution >= 0.6 is 11.8 Å². The number of anilines is 1. The average molecular weight is 489 g/mol. The van der Waals surface area contributed by atoms with Gasteiger partial charge in [-0.05, 0) is 34.4 Å². The number of carboxylic acid groups (broad SMARTS) is 1. The van der Waals surface area contributed by atoms with E-state index in [9.17, 15) is 19.5 Å². The van der Waals surface area contributed by atoms with Crippen LogP contribution in [0.15, 0.2) is 72.8 Å². The number of carboxylic acids is 1. The summed E-state index contributed by atoms with van der Waals surface area (Å²) in [5.41, 5.74) is 5.03. The van der Waals surface area contributed by atoms with Crippen molar-refractivity contribution in [2.75, 3.05) is 30.0 Å². The Kier molecular flexibility index (Phi) is 6.46. The molecule has 35 heavy (non-hydrogen) atoms. The first-order chi connectivity index (χ1) is 17.0. The summed E-state index contributed by atoms with van der Waals surface area (Å²) >= 11 is 1.51. The summed E-state index contributed by atoms with van der Waals surface area (Å²) in [6.07, 6.45) is -0.670. The van der Waals surface area contributed by atoms with Crippen LogP contribution in [-0.4, -0.2) is 58.7 Å². The molecule has 3 aromatic carbocycles. The highest BCUT2D eigenvalue weighted by Gasteiger charge is 2.34. The van der Waals surface area contributed by atoms with Crippen LogP contribution in [-0.2, 0) is 9.53 Å². The molecule has 2 amide bonds. The van der Waals surface area contributed by atoms with Crippen LogP contribution in [0.5, 0.6) is 0 Å². The van der Waals surface area contributed by atoms with Gasteiger partial charge in [0.1, 0.15) is 12.6 Å². The molecule has 0 bridgehead atoms. The Labute approximate surface area is 207 Å². The molecule has 1 atom stereocenters. The number of amides is 2. The number of benzene rings is 3. The molecule has 1 unspecified atom stereocenters. The maximum Gasteiger partial charge on any atom is 0.411 e. The third kappa shape index (κ3) is 4.49. The van der Waals surface area contributed by atoms with Crippen LogP contribution in [0.1, 0.15) is 27.4 Å². The second kappa shape index (κ2) is 9.84. The molecular weight excluding hydrogens is 464 g/mol. The van der Waals surface area contributed by atoms with Gasteiger partial charge in [0, 0.05) is 24.0 Å². The van der Waals surface area contributed by atoms with Gasteiger partial charge in [-0.3, -0.25) is 10.1 Å². The summed E-state index contributed by atoms with van der Waals surface area (Å²) in [6, 6.07) is 21.9. The number of rotatable bonds is 5.